The van der Waals surface area contributed by atoms with Crippen molar-refractivity contribution in [3.05, 3.63) is 77.0 Å². The zero-order valence-corrected chi connectivity index (χ0v) is 11.9. The first-order valence-corrected chi connectivity index (χ1v) is 6.78. The molecule has 1 aromatic heterocycles. The number of nitrogens with zero attached hydrogens (tertiary/aromatic N) is 3. The molecule has 3 rings (SSSR count). The van der Waals surface area contributed by atoms with E-state index in [-0.39, 0.29) is 5.56 Å². The molecule has 2 aromatic carbocycles. The van der Waals surface area contributed by atoms with Gasteiger partial charge in [0.2, 0.25) is 11.8 Å². The molecule has 23 heavy (non-hydrogen) atoms. The number of carbonyl (C=O) groups is 1. The molecule has 0 saturated heterocycles. The lowest BCUT2D eigenvalue weighted by molar-refractivity contribution is 0.0697. The van der Waals surface area contributed by atoms with E-state index in [1.54, 1.807) is 36.4 Å². The van der Waals surface area contributed by atoms with Gasteiger partial charge >= 0.3 is 5.97 Å². The van der Waals surface area contributed by atoms with E-state index < -0.39 is 5.97 Å². The van der Waals surface area contributed by atoms with E-state index in [0.29, 0.717) is 29.5 Å². The molecular formula is C17H11N3O3. The van der Waals surface area contributed by atoms with Gasteiger partial charge in [0.15, 0.2) is 5.69 Å². The van der Waals surface area contributed by atoms with Crippen molar-refractivity contribution in [2.24, 2.45) is 0 Å². The highest BCUT2D eigenvalue weighted by molar-refractivity contribution is 5.87. The van der Waals surface area contributed by atoms with E-state index in [4.69, 9.17) is 16.1 Å². The van der Waals surface area contributed by atoms with Crippen molar-refractivity contribution in [3.8, 4) is 11.5 Å². The Morgan fingerprint density at radius 2 is 1.96 bits per heavy atom. The number of hydrogen-bond donors (Lipinski definition) is 1. The molecule has 0 fully saturated rings. The summed E-state index contributed by atoms with van der Waals surface area (Å²) in [6.07, 6.45) is 0.412. The minimum absolute atomic E-state index is 0.232. The van der Waals surface area contributed by atoms with Crippen LogP contribution >= 0.6 is 0 Å². The van der Waals surface area contributed by atoms with Crippen molar-refractivity contribution in [1.82, 2.24) is 10.2 Å². The van der Waals surface area contributed by atoms with E-state index >= 15 is 0 Å². The van der Waals surface area contributed by atoms with Gasteiger partial charge in [0.25, 0.3) is 0 Å². The van der Waals surface area contributed by atoms with Crippen LogP contribution in [0.25, 0.3) is 16.3 Å². The van der Waals surface area contributed by atoms with Gasteiger partial charge in [-0.15, -0.1) is 10.2 Å². The van der Waals surface area contributed by atoms with Crippen LogP contribution in [0.5, 0.6) is 0 Å². The van der Waals surface area contributed by atoms with Gasteiger partial charge in [-0.1, -0.05) is 30.3 Å². The fourth-order valence-corrected chi connectivity index (χ4v) is 2.09. The van der Waals surface area contributed by atoms with E-state index in [9.17, 15) is 4.79 Å². The molecule has 1 heterocycles. The normalized spacial score (nSPS) is 10.2. The average molecular weight is 305 g/mol. The Kier molecular flexibility index (Phi) is 3.85. The first-order valence-electron chi connectivity index (χ1n) is 6.78. The zero-order valence-electron chi connectivity index (χ0n) is 11.9. The monoisotopic (exact) mass is 305 g/mol. The van der Waals surface area contributed by atoms with Crippen LogP contribution in [0.1, 0.15) is 21.8 Å². The summed E-state index contributed by atoms with van der Waals surface area (Å²) in [6, 6.07) is 13.5. The molecule has 6 nitrogen and oxygen atoms in total. The van der Waals surface area contributed by atoms with Gasteiger partial charge < -0.3 is 9.52 Å². The molecule has 0 amide bonds. The zero-order chi connectivity index (χ0) is 16.2. The molecule has 0 atom stereocenters. The molecule has 0 bridgehead atoms. The second-order valence-electron chi connectivity index (χ2n) is 4.84. The third kappa shape index (κ3) is 3.24. The maximum Gasteiger partial charge on any atom is 0.335 e. The van der Waals surface area contributed by atoms with Crippen LogP contribution in [-0.4, -0.2) is 21.3 Å². The summed E-state index contributed by atoms with van der Waals surface area (Å²) >= 11 is 0. The van der Waals surface area contributed by atoms with E-state index in [0.717, 1.165) is 5.56 Å². The smallest absolute Gasteiger partial charge is 0.335 e. The number of rotatable bonds is 4. The summed E-state index contributed by atoms with van der Waals surface area (Å²) in [5.74, 6) is -0.180. The maximum absolute atomic E-state index is 10.8. The van der Waals surface area contributed by atoms with Crippen molar-refractivity contribution in [2.45, 2.75) is 6.42 Å². The summed E-state index contributed by atoms with van der Waals surface area (Å²) in [4.78, 5) is 14.2. The Morgan fingerprint density at radius 3 is 2.65 bits per heavy atom. The third-order valence-corrected chi connectivity index (χ3v) is 3.25. The van der Waals surface area contributed by atoms with Gasteiger partial charge in [0.05, 0.1) is 18.6 Å². The number of carboxylic acids is 1. The SMILES string of the molecule is [C-]#[N+]c1cccc(-c2nnc(Cc3ccc(C(=O)O)cc3)o2)c1. The molecule has 112 valence electrons. The Morgan fingerprint density at radius 1 is 1.17 bits per heavy atom. The minimum atomic E-state index is -0.962. The van der Waals surface area contributed by atoms with Crippen molar-refractivity contribution >= 4 is 11.7 Å². The van der Waals surface area contributed by atoms with Crippen LogP contribution in [0.2, 0.25) is 0 Å². The van der Waals surface area contributed by atoms with Crippen LogP contribution in [-0.2, 0) is 6.42 Å². The van der Waals surface area contributed by atoms with Gasteiger partial charge in [-0.05, 0) is 23.8 Å². The molecule has 0 aliphatic rings. The van der Waals surface area contributed by atoms with Crippen molar-refractivity contribution in [1.29, 1.82) is 0 Å². The number of benzene rings is 2. The van der Waals surface area contributed by atoms with Gasteiger partial charge in [-0.2, -0.15) is 0 Å². The standard InChI is InChI=1S/C17H11N3O3/c1-18-14-4-2-3-13(10-14)16-20-19-15(23-16)9-11-5-7-12(8-6-11)17(21)22/h2-8,10H,9H2,(H,21,22). The molecule has 0 radical (unpaired) electrons. The molecule has 3 aromatic rings. The summed E-state index contributed by atoms with van der Waals surface area (Å²) in [7, 11) is 0. The van der Waals surface area contributed by atoms with E-state index in [2.05, 4.69) is 15.0 Å². The molecule has 0 aliphatic heterocycles. The highest BCUT2D eigenvalue weighted by Crippen LogP contribution is 2.23. The summed E-state index contributed by atoms with van der Waals surface area (Å²) < 4.78 is 5.61. The lowest BCUT2D eigenvalue weighted by Gasteiger charge is -1.98. The topological polar surface area (TPSA) is 80.6 Å². The Labute approximate surface area is 131 Å². The largest absolute Gasteiger partial charge is 0.478 e. The van der Waals surface area contributed by atoms with Crippen molar-refractivity contribution in [3.63, 3.8) is 0 Å². The predicted octanol–water partition coefficient (Wildman–Crippen LogP) is 3.58. The Balaban J connectivity index is 1.79. The molecule has 0 aliphatic carbocycles. The quantitative estimate of drug-likeness (QED) is 0.745. The lowest BCUT2D eigenvalue weighted by Crippen LogP contribution is -1.96. The van der Waals surface area contributed by atoms with Gasteiger partial charge in [0.1, 0.15) is 0 Å². The number of aromatic nitrogens is 2. The average Bonchev–Trinajstić information content (AvgIpc) is 3.04. The van der Waals surface area contributed by atoms with Crippen LogP contribution in [0.15, 0.2) is 52.9 Å². The number of carboxylic acid groups (broad SMARTS) is 1. The number of hydrogen-bond acceptors (Lipinski definition) is 4. The first-order chi connectivity index (χ1) is 11.2. The van der Waals surface area contributed by atoms with Gasteiger partial charge in [-0.3, -0.25) is 0 Å². The predicted molar refractivity (Wildman–Crippen MR) is 82.2 cm³/mol. The second kappa shape index (κ2) is 6.12. The molecule has 6 heteroatoms. The molecule has 0 spiro atoms. The highest BCUT2D eigenvalue weighted by atomic mass is 16.4. The summed E-state index contributed by atoms with van der Waals surface area (Å²) in [5, 5.41) is 16.9. The molecule has 1 N–H and O–H groups in total. The summed E-state index contributed by atoms with van der Waals surface area (Å²) in [6.45, 7) is 7.02. The van der Waals surface area contributed by atoms with E-state index in [1.807, 2.05) is 0 Å². The van der Waals surface area contributed by atoms with Crippen LogP contribution < -0.4 is 0 Å². The Hall–Kier alpha value is -3.46. The van der Waals surface area contributed by atoms with Crippen LogP contribution in [0.4, 0.5) is 5.69 Å². The van der Waals surface area contributed by atoms with Crippen molar-refractivity contribution in [2.75, 3.05) is 0 Å². The maximum atomic E-state index is 10.8. The first kappa shape index (κ1) is 14.5. The lowest BCUT2D eigenvalue weighted by atomic mass is 10.1. The second-order valence-corrected chi connectivity index (χ2v) is 4.84. The molecular weight excluding hydrogens is 294 g/mol. The summed E-state index contributed by atoms with van der Waals surface area (Å²) in [5.41, 5.74) is 2.31. The number of aromatic carboxylic acids is 1. The van der Waals surface area contributed by atoms with Gasteiger partial charge in [-0.25, -0.2) is 9.64 Å². The fraction of sp³-hybridized carbons (Fsp3) is 0.0588. The van der Waals surface area contributed by atoms with Crippen molar-refractivity contribution < 1.29 is 14.3 Å². The molecule has 0 saturated carbocycles. The fourth-order valence-electron chi connectivity index (χ4n) is 2.09. The van der Waals surface area contributed by atoms with E-state index in [1.165, 1.54) is 12.1 Å². The molecule has 0 unspecified atom stereocenters. The van der Waals surface area contributed by atoms with Crippen LogP contribution in [0, 0.1) is 6.57 Å². The van der Waals surface area contributed by atoms with Crippen LogP contribution in [0.3, 0.4) is 0 Å². The van der Waals surface area contributed by atoms with Gasteiger partial charge in [0, 0.05) is 5.56 Å². The highest BCUT2D eigenvalue weighted by Gasteiger charge is 2.10. The Bertz CT molecular complexity index is 892. The third-order valence-electron chi connectivity index (χ3n) is 3.25. The minimum Gasteiger partial charge on any atom is -0.478 e.